The average molecular weight is 271 g/mol. The maximum atomic E-state index is 11.4. The lowest BCUT2D eigenvalue weighted by Crippen LogP contribution is -2.20. The molecule has 2 heterocycles. The third-order valence-corrected chi connectivity index (χ3v) is 3.84. The second-order valence-electron chi connectivity index (χ2n) is 5.04. The summed E-state index contributed by atoms with van der Waals surface area (Å²) in [6, 6.07) is 12.1. The van der Waals surface area contributed by atoms with Gasteiger partial charge in [-0.1, -0.05) is 24.3 Å². The Morgan fingerprint density at radius 1 is 1.20 bits per heavy atom. The summed E-state index contributed by atoms with van der Waals surface area (Å²) in [7, 11) is 1.35. The third-order valence-electron chi connectivity index (χ3n) is 3.84. The number of esters is 1. The van der Waals surface area contributed by atoms with E-state index in [4.69, 9.17) is 4.42 Å². The molecule has 1 aliphatic heterocycles. The molecule has 0 aliphatic carbocycles. The van der Waals surface area contributed by atoms with Crippen LogP contribution in [0.25, 0.3) is 0 Å². The van der Waals surface area contributed by atoms with Gasteiger partial charge in [-0.15, -0.1) is 0 Å². The zero-order valence-corrected chi connectivity index (χ0v) is 11.6. The van der Waals surface area contributed by atoms with Crippen LogP contribution in [0.4, 0.5) is 0 Å². The van der Waals surface area contributed by atoms with Crippen LogP contribution in [0.15, 0.2) is 40.8 Å². The van der Waals surface area contributed by atoms with Crippen LogP contribution in [-0.4, -0.2) is 18.0 Å². The van der Waals surface area contributed by atoms with Crippen molar-refractivity contribution in [3.05, 3.63) is 59.0 Å². The first-order chi connectivity index (χ1) is 9.69. The monoisotopic (exact) mass is 271 g/mol. The number of nitrogens with zero attached hydrogens (tertiary/aromatic N) is 1. The summed E-state index contributed by atoms with van der Waals surface area (Å²) < 4.78 is 10.3. The number of methoxy groups -OCH3 is 1. The zero-order chi connectivity index (χ0) is 14.1. The summed E-state index contributed by atoms with van der Waals surface area (Å²) in [5.74, 6) is 0.609. The average Bonchev–Trinajstić information content (AvgIpc) is 3.12. The molecular weight excluding hydrogens is 254 g/mol. The highest BCUT2D eigenvalue weighted by molar-refractivity contribution is 5.86. The lowest BCUT2D eigenvalue weighted by molar-refractivity contribution is 0.0558. The van der Waals surface area contributed by atoms with Gasteiger partial charge in [0.1, 0.15) is 5.76 Å². The van der Waals surface area contributed by atoms with Crippen LogP contribution >= 0.6 is 0 Å². The first kappa shape index (κ1) is 12.9. The van der Waals surface area contributed by atoms with Gasteiger partial charge in [0.05, 0.1) is 13.2 Å². The summed E-state index contributed by atoms with van der Waals surface area (Å²) in [4.78, 5) is 13.7. The number of rotatable bonds is 3. The zero-order valence-electron chi connectivity index (χ0n) is 11.6. The molecule has 0 spiro atoms. The van der Waals surface area contributed by atoms with E-state index in [1.807, 2.05) is 6.07 Å². The van der Waals surface area contributed by atoms with E-state index in [0.29, 0.717) is 0 Å². The number of hydrogen-bond donors (Lipinski definition) is 0. The molecule has 1 aliphatic rings. The Morgan fingerprint density at radius 2 is 1.85 bits per heavy atom. The molecule has 4 heteroatoms. The quantitative estimate of drug-likeness (QED) is 0.804. The van der Waals surface area contributed by atoms with Crippen molar-refractivity contribution in [1.82, 2.24) is 4.90 Å². The van der Waals surface area contributed by atoms with Crippen LogP contribution in [0, 0.1) is 0 Å². The van der Waals surface area contributed by atoms with Crippen LogP contribution in [-0.2, 0) is 17.8 Å². The predicted molar refractivity (Wildman–Crippen MR) is 74.2 cm³/mol. The van der Waals surface area contributed by atoms with Gasteiger partial charge in [0.25, 0.3) is 0 Å². The second-order valence-corrected chi connectivity index (χ2v) is 5.04. The summed E-state index contributed by atoms with van der Waals surface area (Å²) in [6.45, 7) is 3.91. The topological polar surface area (TPSA) is 42.7 Å². The molecule has 104 valence electrons. The Bertz CT molecular complexity index is 607. The number of hydrogen-bond acceptors (Lipinski definition) is 4. The van der Waals surface area contributed by atoms with E-state index in [2.05, 4.69) is 40.8 Å². The smallest absolute Gasteiger partial charge is 0.373 e. The normalized spacial score (nSPS) is 15.9. The standard InChI is InChI=1S/C16H17NO3/c1-11(14-7-8-15(20-14)16(18)19-2)17-9-12-5-3-4-6-13(12)10-17/h3-8,11H,9-10H2,1-2H3. The van der Waals surface area contributed by atoms with Crippen LogP contribution < -0.4 is 0 Å². The van der Waals surface area contributed by atoms with E-state index in [-0.39, 0.29) is 11.8 Å². The van der Waals surface area contributed by atoms with Gasteiger partial charge in [0.15, 0.2) is 0 Å². The molecule has 1 unspecified atom stereocenters. The summed E-state index contributed by atoms with van der Waals surface area (Å²) in [6.07, 6.45) is 0. The minimum atomic E-state index is -0.437. The minimum absolute atomic E-state index is 0.126. The molecule has 0 radical (unpaired) electrons. The molecule has 0 saturated carbocycles. The van der Waals surface area contributed by atoms with Crippen LogP contribution in [0.3, 0.4) is 0 Å². The maximum Gasteiger partial charge on any atom is 0.373 e. The molecule has 0 fully saturated rings. The van der Waals surface area contributed by atoms with Crippen LogP contribution in [0.2, 0.25) is 0 Å². The largest absolute Gasteiger partial charge is 0.463 e. The van der Waals surface area contributed by atoms with Gasteiger partial charge in [-0.3, -0.25) is 4.90 Å². The molecule has 2 aromatic rings. The SMILES string of the molecule is COC(=O)c1ccc(C(C)N2Cc3ccccc3C2)o1. The molecule has 0 bridgehead atoms. The fraction of sp³-hybridized carbons (Fsp3) is 0.312. The van der Waals surface area contributed by atoms with Crippen molar-refractivity contribution in [1.29, 1.82) is 0 Å². The molecule has 4 nitrogen and oxygen atoms in total. The molecule has 0 amide bonds. The highest BCUT2D eigenvalue weighted by atomic mass is 16.5. The van der Waals surface area contributed by atoms with Gasteiger partial charge in [0, 0.05) is 13.1 Å². The van der Waals surface area contributed by atoms with E-state index < -0.39 is 5.97 Å². The predicted octanol–water partition coefficient (Wildman–Crippen LogP) is 3.14. The summed E-state index contributed by atoms with van der Waals surface area (Å²) in [5, 5.41) is 0. The Morgan fingerprint density at radius 3 is 2.45 bits per heavy atom. The lowest BCUT2D eigenvalue weighted by Gasteiger charge is -2.21. The van der Waals surface area contributed by atoms with Crippen LogP contribution in [0.5, 0.6) is 0 Å². The Hall–Kier alpha value is -2.07. The van der Waals surface area contributed by atoms with Crippen molar-refractivity contribution in [2.24, 2.45) is 0 Å². The van der Waals surface area contributed by atoms with Gasteiger partial charge in [-0.25, -0.2) is 4.79 Å². The van der Waals surface area contributed by atoms with Crippen molar-refractivity contribution >= 4 is 5.97 Å². The highest BCUT2D eigenvalue weighted by Crippen LogP contribution is 2.31. The van der Waals surface area contributed by atoms with Crippen molar-refractivity contribution in [3.8, 4) is 0 Å². The minimum Gasteiger partial charge on any atom is -0.463 e. The Labute approximate surface area is 118 Å². The molecule has 0 saturated heterocycles. The molecule has 20 heavy (non-hydrogen) atoms. The van der Waals surface area contributed by atoms with Gasteiger partial charge >= 0.3 is 5.97 Å². The van der Waals surface area contributed by atoms with E-state index in [0.717, 1.165) is 18.8 Å². The molecule has 3 rings (SSSR count). The molecule has 1 aromatic carbocycles. The van der Waals surface area contributed by atoms with Crippen molar-refractivity contribution < 1.29 is 13.9 Å². The summed E-state index contributed by atoms with van der Waals surface area (Å²) in [5.41, 5.74) is 2.72. The number of ether oxygens (including phenoxy) is 1. The summed E-state index contributed by atoms with van der Waals surface area (Å²) >= 11 is 0. The number of benzene rings is 1. The Kier molecular flexibility index (Phi) is 3.32. The molecular formula is C16H17NO3. The van der Waals surface area contributed by atoms with Gasteiger partial charge in [-0.05, 0) is 30.2 Å². The first-order valence-electron chi connectivity index (χ1n) is 6.68. The van der Waals surface area contributed by atoms with Crippen molar-refractivity contribution in [2.45, 2.75) is 26.1 Å². The van der Waals surface area contributed by atoms with Gasteiger partial charge in [-0.2, -0.15) is 0 Å². The fourth-order valence-corrected chi connectivity index (χ4v) is 2.60. The van der Waals surface area contributed by atoms with Gasteiger partial charge < -0.3 is 9.15 Å². The van der Waals surface area contributed by atoms with Crippen molar-refractivity contribution in [3.63, 3.8) is 0 Å². The number of fused-ring (bicyclic) bond motifs is 1. The van der Waals surface area contributed by atoms with Gasteiger partial charge in [0.2, 0.25) is 5.76 Å². The number of carbonyl (C=O) groups is 1. The third kappa shape index (κ3) is 2.23. The first-order valence-corrected chi connectivity index (χ1v) is 6.68. The number of furan rings is 1. The van der Waals surface area contributed by atoms with E-state index in [9.17, 15) is 4.79 Å². The van der Waals surface area contributed by atoms with Crippen LogP contribution in [0.1, 0.15) is 40.4 Å². The molecule has 1 atom stereocenters. The van der Waals surface area contributed by atoms with E-state index in [1.165, 1.54) is 18.2 Å². The number of carbonyl (C=O) groups excluding carboxylic acids is 1. The molecule has 1 aromatic heterocycles. The Balaban J connectivity index is 1.76. The van der Waals surface area contributed by atoms with Crippen molar-refractivity contribution in [2.75, 3.05) is 7.11 Å². The second kappa shape index (κ2) is 5.13. The van der Waals surface area contributed by atoms with E-state index in [1.54, 1.807) is 6.07 Å². The fourth-order valence-electron chi connectivity index (χ4n) is 2.60. The van der Waals surface area contributed by atoms with E-state index >= 15 is 0 Å². The highest BCUT2D eigenvalue weighted by Gasteiger charge is 2.26. The lowest BCUT2D eigenvalue weighted by atomic mass is 10.1. The maximum absolute atomic E-state index is 11.4. The molecule has 0 N–H and O–H groups in total.